The van der Waals surface area contributed by atoms with Crippen LogP contribution in [-0.2, 0) is 4.79 Å². The molecule has 2 rings (SSSR count). The van der Waals surface area contributed by atoms with Crippen LogP contribution in [-0.4, -0.2) is 29.3 Å². The molecular formula is C14H24ClNO. The molecule has 2 nitrogen and oxygen atoms in total. The van der Waals surface area contributed by atoms with Crippen LogP contribution in [0, 0.1) is 11.8 Å². The molecule has 1 amide bonds. The van der Waals surface area contributed by atoms with E-state index in [-0.39, 0.29) is 5.92 Å². The van der Waals surface area contributed by atoms with Gasteiger partial charge in [-0.2, -0.15) is 0 Å². The Labute approximate surface area is 110 Å². The number of nitrogens with zero attached hydrogens (tertiary/aromatic N) is 1. The van der Waals surface area contributed by atoms with Crippen LogP contribution in [0.5, 0.6) is 0 Å². The van der Waals surface area contributed by atoms with Crippen LogP contribution in [0.3, 0.4) is 0 Å². The molecule has 2 fully saturated rings. The Kier molecular flexibility index (Phi) is 4.72. The molecule has 0 heterocycles. The smallest absolute Gasteiger partial charge is 0.225 e. The molecule has 0 aromatic carbocycles. The van der Waals surface area contributed by atoms with Crippen molar-refractivity contribution in [1.29, 1.82) is 0 Å². The summed E-state index contributed by atoms with van der Waals surface area (Å²) in [5, 5.41) is 0. The lowest BCUT2D eigenvalue weighted by Crippen LogP contribution is -2.48. The Morgan fingerprint density at radius 1 is 1.18 bits per heavy atom. The van der Waals surface area contributed by atoms with Gasteiger partial charge in [0, 0.05) is 24.4 Å². The molecule has 2 saturated carbocycles. The highest BCUT2D eigenvalue weighted by molar-refractivity contribution is 6.18. The van der Waals surface area contributed by atoms with Gasteiger partial charge in [0.1, 0.15) is 0 Å². The topological polar surface area (TPSA) is 20.3 Å². The van der Waals surface area contributed by atoms with Crippen LogP contribution in [0.15, 0.2) is 0 Å². The molecule has 0 aliphatic heterocycles. The lowest BCUT2D eigenvalue weighted by Gasteiger charge is -2.40. The first-order valence-corrected chi connectivity index (χ1v) is 7.62. The van der Waals surface area contributed by atoms with Gasteiger partial charge in [-0.15, -0.1) is 11.6 Å². The summed E-state index contributed by atoms with van der Waals surface area (Å²) >= 11 is 5.83. The number of carbonyl (C=O) groups excluding carboxylic acids is 1. The Morgan fingerprint density at radius 2 is 1.82 bits per heavy atom. The predicted molar refractivity (Wildman–Crippen MR) is 71.2 cm³/mol. The van der Waals surface area contributed by atoms with Crippen LogP contribution < -0.4 is 0 Å². The number of hydrogen-bond acceptors (Lipinski definition) is 1. The standard InChI is InChI=1S/C14H24ClNO/c1-11-5-7-12(8-6-11)14(17)16(10-9-15)13-3-2-4-13/h11-13H,2-10H2,1H3. The second kappa shape index (κ2) is 6.08. The zero-order chi connectivity index (χ0) is 12.3. The van der Waals surface area contributed by atoms with E-state index in [9.17, 15) is 4.79 Å². The molecule has 0 aromatic heterocycles. The average Bonchev–Trinajstić information content (AvgIpc) is 2.26. The third kappa shape index (κ3) is 3.15. The lowest BCUT2D eigenvalue weighted by molar-refractivity contribution is -0.140. The van der Waals surface area contributed by atoms with Crippen molar-refractivity contribution in [3.8, 4) is 0 Å². The number of carbonyl (C=O) groups is 1. The maximum atomic E-state index is 12.5. The Hall–Kier alpha value is -0.240. The maximum Gasteiger partial charge on any atom is 0.225 e. The summed E-state index contributed by atoms with van der Waals surface area (Å²) in [5.74, 6) is 2.06. The van der Waals surface area contributed by atoms with E-state index in [0.717, 1.165) is 25.3 Å². The molecule has 17 heavy (non-hydrogen) atoms. The first-order valence-electron chi connectivity index (χ1n) is 7.08. The van der Waals surface area contributed by atoms with E-state index < -0.39 is 0 Å². The summed E-state index contributed by atoms with van der Waals surface area (Å²) in [4.78, 5) is 14.6. The van der Waals surface area contributed by atoms with Gasteiger partial charge in [0.25, 0.3) is 0 Å². The fourth-order valence-corrected chi connectivity index (χ4v) is 3.19. The zero-order valence-corrected chi connectivity index (χ0v) is 11.6. The van der Waals surface area contributed by atoms with Gasteiger partial charge in [-0.25, -0.2) is 0 Å². The van der Waals surface area contributed by atoms with Gasteiger partial charge in [-0.1, -0.05) is 6.92 Å². The average molecular weight is 258 g/mol. The highest BCUT2D eigenvalue weighted by Gasteiger charge is 2.33. The molecule has 0 saturated heterocycles. The summed E-state index contributed by atoms with van der Waals surface area (Å²) in [6.07, 6.45) is 8.26. The van der Waals surface area contributed by atoms with Gasteiger partial charge in [0.15, 0.2) is 0 Å². The number of amides is 1. The molecule has 98 valence electrons. The van der Waals surface area contributed by atoms with E-state index in [0.29, 0.717) is 17.8 Å². The van der Waals surface area contributed by atoms with Gasteiger partial charge < -0.3 is 4.90 Å². The van der Waals surface area contributed by atoms with Gasteiger partial charge in [0.2, 0.25) is 5.91 Å². The number of halogens is 1. The van der Waals surface area contributed by atoms with Gasteiger partial charge in [-0.05, 0) is 50.9 Å². The third-order valence-electron chi connectivity index (χ3n) is 4.49. The summed E-state index contributed by atoms with van der Waals surface area (Å²) < 4.78 is 0. The minimum absolute atomic E-state index is 0.287. The molecule has 2 aliphatic rings. The van der Waals surface area contributed by atoms with Crippen molar-refractivity contribution in [2.75, 3.05) is 12.4 Å². The molecule has 0 spiro atoms. The van der Waals surface area contributed by atoms with E-state index in [1.807, 2.05) is 0 Å². The SMILES string of the molecule is CC1CCC(C(=O)N(CCCl)C2CCC2)CC1. The van der Waals surface area contributed by atoms with Crippen LogP contribution in [0.2, 0.25) is 0 Å². The fraction of sp³-hybridized carbons (Fsp3) is 0.929. The number of hydrogen-bond donors (Lipinski definition) is 0. The molecule has 0 radical (unpaired) electrons. The van der Waals surface area contributed by atoms with E-state index in [2.05, 4.69) is 11.8 Å². The van der Waals surface area contributed by atoms with E-state index >= 15 is 0 Å². The van der Waals surface area contributed by atoms with Crippen molar-refractivity contribution < 1.29 is 4.79 Å². The van der Waals surface area contributed by atoms with Gasteiger partial charge in [-0.3, -0.25) is 4.79 Å². The van der Waals surface area contributed by atoms with Crippen LogP contribution >= 0.6 is 11.6 Å². The van der Waals surface area contributed by atoms with E-state index in [1.54, 1.807) is 0 Å². The largest absolute Gasteiger partial charge is 0.338 e. The maximum absolute atomic E-state index is 12.5. The second-order valence-corrected chi connectivity index (χ2v) is 6.14. The van der Waals surface area contributed by atoms with Crippen molar-refractivity contribution in [3.63, 3.8) is 0 Å². The molecular weight excluding hydrogens is 234 g/mol. The van der Waals surface area contributed by atoms with Crippen LogP contribution in [0.25, 0.3) is 0 Å². The quantitative estimate of drug-likeness (QED) is 0.707. The molecule has 0 bridgehead atoms. The lowest BCUT2D eigenvalue weighted by atomic mass is 9.81. The monoisotopic (exact) mass is 257 g/mol. The zero-order valence-electron chi connectivity index (χ0n) is 10.8. The molecule has 0 aromatic rings. The van der Waals surface area contributed by atoms with E-state index in [4.69, 9.17) is 11.6 Å². The molecule has 3 heteroatoms. The second-order valence-electron chi connectivity index (χ2n) is 5.76. The highest BCUT2D eigenvalue weighted by atomic mass is 35.5. The fourth-order valence-electron chi connectivity index (χ4n) is 3.00. The van der Waals surface area contributed by atoms with Crippen molar-refractivity contribution in [1.82, 2.24) is 4.90 Å². The van der Waals surface area contributed by atoms with Crippen LogP contribution in [0.1, 0.15) is 51.9 Å². The summed E-state index contributed by atoms with van der Waals surface area (Å²) in [6, 6.07) is 0.501. The molecule has 2 aliphatic carbocycles. The highest BCUT2D eigenvalue weighted by Crippen LogP contribution is 2.32. The van der Waals surface area contributed by atoms with Crippen molar-refractivity contribution in [3.05, 3.63) is 0 Å². The minimum Gasteiger partial charge on any atom is -0.338 e. The number of rotatable bonds is 4. The Bertz CT molecular complexity index is 257. The van der Waals surface area contributed by atoms with Gasteiger partial charge in [0.05, 0.1) is 0 Å². The Morgan fingerprint density at radius 3 is 2.29 bits per heavy atom. The summed E-state index contributed by atoms with van der Waals surface area (Å²) in [6.45, 7) is 3.04. The van der Waals surface area contributed by atoms with Crippen molar-refractivity contribution in [2.45, 2.75) is 57.9 Å². The summed E-state index contributed by atoms with van der Waals surface area (Å²) in [7, 11) is 0. The molecule has 0 N–H and O–H groups in total. The Balaban J connectivity index is 1.90. The van der Waals surface area contributed by atoms with Crippen molar-refractivity contribution >= 4 is 17.5 Å². The molecule has 0 unspecified atom stereocenters. The normalized spacial score (nSPS) is 29.8. The van der Waals surface area contributed by atoms with Crippen molar-refractivity contribution in [2.24, 2.45) is 11.8 Å². The molecule has 0 atom stereocenters. The minimum atomic E-state index is 0.287. The predicted octanol–water partition coefficient (Wildman–Crippen LogP) is 3.43. The summed E-state index contributed by atoms with van der Waals surface area (Å²) in [5.41, 5.74) is 0. The number of alkyl halides is 1. The van der Waals surface area contributed by atoms with Crippen LogP contribution in [0.4, 0.5) is 0 Å². The van der Waals surface area contributed by atoms with Gasteiger partial charge >= 0.3 is 0 Å². The first kappa shape index (κ1) is 13.2. The third-order valence-corrected chi connectivity index (χ3v) is 4.66. The van der Waals surface area contributed by atoms with E-state index in [1.165, 1.54) is 32.1 Å². The first-order chi connectivity index (χ1) is 8.22.